The molecule has 2 rings (SSSR count). The summed E-state index contributed by atoms with van der Waals surface area (Å²) in [6, 6.07) is 0.535. The van der Waals surface area contributed by atoms with Gasteiger partial charge in [0.05, 0.1) is 15.7 Å². The van der Waals surface area contributed by atoms with Gasteiger partial charge in [0.25, 0.3) is 5.91 Å². The van der Waals surface area contributed by atoms with Crippen molar-refractivity contribution in [3.8, 4) is 0 Å². The summed E-state index contributed by atoms with van der Waals surface area (Å²) in [5.41, 5.74) is 1.05. The summed E-state index contributed by atoms with van der Waals surface area (Å²) in [4.78, 5) is 27.9. The van der Waals surface area contributed by atoms with Crippen molar-refractivity contribution in [3.05, 3.63) is 33.7 Å². The van der Waals surface area contributed by atoms with Crippen LogP contribution in [0.3, 0.4) is 0 Å². The zero-order chi connectivity index (χ0) is 16.6. The molecule has 0 radical (unpaired) electrons. The van der Waals surface area contributed by atoms with E-state index in [1.54, 1.807) is 20.8 Å². The predicted molar refractivity (Wildman–Crippen MR) is 83.7 cm³/mol. The van der Waals surface area contributed by atoms with E-state index in [1.165, 1.54) is 16.7 Å². The lowest BCUT2D eigenvalue weighted by molar-refractivity contribution is -0.140. The molecule has 0 aliphatic heterocycles. The Morgan fingerprint density at radius 1 is 1.36 bits per heavy atom. The number of imidazole rings is 1. The number of rotatable bonds is 4. The molecule has 0 aliphatic carbocycles. The van der Waals surface area contributed by atoms with Gasteiger partial charge >= 0.3 is 5.97 Å². The molecule has 2 aromatic heterocycles. The largest absolute Gasteiger partial charge is 0.480 e. The van der Waals surface area contributed by atoms with Crippen LogP contribution in [0.2, 0.25) is 10.0 Å². The minimum Gasteiger partial charge on any atom is -0.480 e. The van der Waals surface area contributed by atoms with E-state index in [1.807, 2.05) is 0 Å². The zero-order valence-corrected chi connectivity index (χ0v) is 13.7. The third kappa shape index (κ3) is 3.03. The fourth-order valence-corrected chi connectivity index (χ4v) is 2.70. The lowest BCUT2D eigenvalue weighted by Crippen LogP contribution is -2.44. The fourth-order valence-electron chi connectivity index (χ4n) is 2.18. The Labute approximate surface area is 137 Å². The molecule has 118 valence electrons. The Kier molecular flexibility index (Phi) is 4.63. The number of aliphatic carboxylic acids is 1. The van der Waals surface area contributed by atoms with Crippen LogP contribution in [0.4, 0.5) is 0 Å². The number of hydrogen-bond acceptors (Lipinski definition) is 3. The number of carbonyl (C=O) groups excluding carboxylic acids is 1. The number of nitrogens with zero attached hydrogens (tertiary/aromatic N) is 2. The molecule has 0 aliphatic rings. The highest BCUT2D eigenvalue weighted by Gasteiger charge is 2.27. The lowest BCUT2D eigenvalue weighted by Gasteiger charge is -2.18. The molecule has 2 N–H and O–H groups in total. The first kappa shape index (κ1) is 16.6. The number of nitrogens with one attached hydrogen (secondary N) is 1. The molecule has 0 aromatic carbocycles. The highest BCUT2D eigenvalue weighted by molar-refractivity contribution is 6.36. The van der Waals surface area contributed by atoms with Crippen LogP contribution in [0.15, 0.2) is 12.3 Å². The third-order valence-electron chi connectivity index (χ3n) is 3.25. The summed E-state index contributed by atoms with van der Waals surface area (Å²) in [6.07, 6.45) is 1.52. The first-order valence-electron chi connectivity index (χ1n) is 6.59. The van der Waals surface area contributed by atoms with Crippen LogP contribution in [-0.2, 0) is 4.79 Å². The molecule has 6 nitrogen and oxygen atoms in total. The number of halogens is 2. The van der Waals surface area contributed by atoms with Gasteiger partial charge in [-0.1, -0.05) is 37.0 Å². The summed E-state index contributed by atoms with van der Waals surface area (Å²) in [5.74, 6) is -1.89. The normalized spacial score (nSPS) is 12.6. The molecular formula is C14H15Cl2N3O3. The number of hydrogen-bond donors (Lipinski definition) is 2. The Morgan fingerprint density at radius 2 is 2.00 bits per heavy atom. The van der Waals surface area contributed by atoms with Crippen molar-refractivity contribution >= 4 is 40.7 Å². The molecule has 0 spiro atoms. The number of pyridine rings is 1. The SMILES string of the molecule is Cc1nc2c(Cl)cc(Cl)cn2c1C(=O)NC(C(=O)O)C(C)C. The van der Waals surface area contributed by atoms with Gasteiger partial charge in [-0.2, -0.15) is 0 Å². The van der Waals surface area contributed by atoms with Gasteiger partial charge in [-0.25, -0.2) is 9.78 Å². The van der Waals surface area contributed by atoms with Gasteiger partial charge in [0.1, 0.15) is 11.7 Å². The first-order chi connectivity index (χ1) is 10.2. The Bertz CT molecular complexity index is 755. The molecule has 22 heavy (non-hydrogen) atoms. The number of aromatic nitrogens is 2. The van der Waals surface area contributed by atoms with Crippen molar-refractivity contribution in [1.29, 1.82) is 0 Å². The van der Waals surface area contributed by atoms with Gasteiger partial charge in [-0.3, -0.25) is 9.20 Å². The van der Waals surface area contributed by atoms with Crippen LogP contribution in [0.25, 0.3) is 5.65 Å². The predicted octanol–water partition coefficient (Wildman–Crippen LogP) is 2.79. The number of carboxylic acids is 1. The Balaban J connectivity index is 2.48. The molecule has 8 heteroatoms. The second kappa shape index (κ2) is 6.14. The van der Waals surface area contributed by atoms with Gasteiger partial charge in [-0.05, 0) is 18.9 Å². The van der Waals surface area contributed by atoms with Crippen LogP contribution < -0.4 is 5.32 Å². The molecule has 0 saturated heterocycles. The molecule has 1 atom stereocenters. The highest BCUT2D eigenvalue weighted by Crippen LogP contribution is 2.24. The van der Waals surface area contributed by atoms with E-state index in [2.05, 4.69) is 10.3 Å². The van der Waals surface area contributed by atoms with Crippen LogP contribution in [0.5, 0.6) is 0 Å². The number of fused-ring (bicyclic) bond motifs is 1. The van der Waals surface area contributed by atoms with Gasteiger partial charge in [0, 0.05) is 6.20 Å². The van der Waals surface area contributed by atoms with Gasteiger partial charge in [-0.15, -0.1) is 0 Å². The average Bonchev–Trinajstić information content (AvgIpc) is 2.71. The van der Waals surface area contributed by atoms with Crippen LogP contribution >= 0.6 is 23.2 Å². The summed E-state index contributed by atoms with van der Waals surface area (Å²) in [6.45, 7) is 5.08. The minimum atomic E-state index is -1.09. The highest BCUT2D eigenvalue weighted by atomic mass is 35.5. The van der Waals surface area contributed by atoms with Gasteiger partial charge in [0.2, 0.25) is 0 Å². The maximum Gasteiger partial charge on any atom is 0.326 e. The average molecular weight is 344 g/mol. The Morgan fingerprint density at radius 3 is 2.55 bits per heavy atom. The quantitative estimate of drug-likeness (QED) is 0.893. The maximum atomic E-state index is 12.5. The molecule has 2 heterocycles. The zero-order valence-electron chi connectivity index (χ0n) is 12.2. The van der Waals surface area contributed by atoms with E-state index in [0.717, 1.165) is 0 Å². The summed E-state index contributed by atoms with van der Waals surface area (Å²) < 4.78 is 1.47. The van der Waals surface area contributed by atoms with Crippen molar-refractivity contribution in [2.75, 3.05) is 0 Å². The fraction of sp³-hybridized carbons (Fsp3) is 0.357. The first-order valence-corrected chi connectivity index (χ1v) is 7.35. The van der Waals surface area contributed by atoms with E-state index < -0.39 is 17.9 Å². The molecule has 0 fully saturated rings. The second-order valence-electron chi connectivity index (χ2n) is 5.28. The number of carbonyl (C=O) groups is 2. The second-order valence-corrected chi connectivity index (χ2v) is 6.12. The monoisotopic (exact) mass is 343 g/mol. The van der Waals surface area contributed by atoms with Gasteiger partial charge < -0.3 is 10.4 Å². The number of aryl methyl sites for hydroxylation is 1. The van der Waals surface area contributed by atoms with E-state index in [0.29, 0.717) is 21.4 Å². The van der Waals surface area contributed by atoms with Crippen LogP contribution in [0, 0.1) is 12.8 Å². The molecule has 1 amide bonds. The van der Waals surface area contributed by atoms with Crippen molar-refractivity contribution in [3.63, 3.8) is 0 Å². The minimum absolute atomic E-state index is 0.214. The smallest absolute Gasteiger partial charge is 0.326 e. The molecular weight excluding hydrogens is 329 g/mol. The summed E-state index contributed by atoms with van der Waals surface area (Å²) in [5, 5.41) is 12.3. The van der Waals surface area contributed by atoms with Crippen LogP contribution in [0.1, 0.15) is 30.0 Å². The standard InChI is InChI=1S/C14H15Cl2N3O3/c1-6(2)10(14(21)22)18-13(20)11-7(3)17-12-9(16)4-8(15)5-19(11)12/h4-6,10H,1-3H3,(H,18,20)(H,21,22). The lowest BCUT2D eigenvalue weighted by atomic mass is 10.0. The van der Waals surface area contributed by atoms with Crippen molar-refractivity contribution in [2.45, 2.75) is 26.8 Å². The van der Waals surface area contributed by atoms with Crippen molar-refractivity contribution in [1.82, 2.24) is 14.7 Å². The summed E-state index contributed by atoms with van der Waals surface area (Å²) in [7, 11) is 0. The molecule has 0 bridgehead atoms. The molecule has 1 unspecified atom stereocenters. The van der Waals surface area contributed by atoms with E-state index in [9.17, 15) is 14.7 Å². The van der Waals surface area contributed by atoms with E-state index >= 15 is 0 Å². The molecule has 0 saturated carbocycles. The third-order valence-corrected chi connectivity index (χ3v) is 3.74. The number of carboxylic acid groups (broad SMARTS) is 1. The number of amides is 1. The molecule has 2 aromatic rings. The topological polar surface area (TPSA) is 83.7 Å². The Hall–Kier alpha value is -1.79. The summed E-state index contributed by atoms with van der Waals surface area (Å²) >= 11 is 12.0. The van der Waals surface area contributed by atoms with Gasteiger partial charge in [0.15, 0.2) is 5.65 Å². The van der Waals surface area contributed by atoms with Crippen molar-refractivity contribution in [2.24, 2.45) is 5.92 Å². The van der Waals surface area contributed by atoms with Crippen LogP contribution in [-0.4, -0.2) is 32.4 Å². The maximum absolute atomic E-state index is 12.5. The van der Waals surface area contributed by atoms with E-state index in [4.69, 9.17) is 23.2 Å². The van der Waals surface area contributed by atoms with E-state index in [-0.39, 0.29) is 11.6 Å². The van der Waals surface area contributed by atoms with Crippen molar-refractivity contribution < 1.29 is 14.7 Å².